The van der Waals surface area contributed by atoms with Crippen molar-refractivity contribution in [2.75, 3.05) is 0 Å². The molecule has 0 aliphatic carbocycles. The van der Waals surface area contributed by atoms with E-state index in [1.54, 1.807) is 0 Å². The molecule has 0 aliphatic heterocycles. The van der Waals surface area contributed by atoms with Crippen LogP contribution in [-0.4, -0.2) is 18.8 Å². The fourth-order valence-electron chi connectivity index (χ4n) is 6.21. The number of hydrogen-bond acceptors (Lipinski definition) is 3. The summed E-state index contributed by atoms with van der Waals surface area (Å²) in [6.45, 7) is 13.5. The number of benzene rings is 4. The predicted octanol–water partition coefficient (Wildman–Crippen LogP) is 9.58. The SMILES string of the molecule is CC(C)(C)c1ccc2c(c1)c1ccc(Oc3[c-]c4c(cc3)c3cc(C(C)(C)C)ccc3n3ccnc43)[c-]c1c1nccn21.[Pt+2]. The van der Waals surface area contributed by atoms with Crippen molar-refractivity contribution in [2.45, 2.75) is 52.4 Å². The minimum atomic E-state index is 0. The Morgan fingerprint density at radius 3 is 1.41 bits per heavy atom. The monoisotopic (exact) mass is 755 g/mol. The number of ether oxygens (including phenoxy) is 1. The normalized spacial score (nSPS) is 12.6. The molecule has 220 valence electrons. The Morgan fingerprint density at radius 2 is 1.00 bits per heavy atom. The largest absolute Gasteiger partial charge is 2.00 e. The zero-order valence-electron chi connectivity index (χ0n) is 25.6. The topological polar surface area (TPSA) is 43.8 Å². The third-order valence-corrected chi connectivity index (χ3v) is 8.61. The van der Waals surface area contributed by atoms with Crippen molar-refractivity contribution >= 4 is 54.6 Å². The molecule has 0 spiro atoms. The van der Waals surface area contributed by atoms with Gasteiger partial charge < -0.3 is 13.5 Å². The van der Waals surface area contributed by atoms with Gasteiger partial charge in [-0.25, -0.2) is 0 Å². The van der Waals surface area contributed by atoms with Gasteiger partial charge in [0.05, 0.1) is 11.3 Å². The number of aromatic nitrogens is 4. The van der Waals surface area contributed by atoms with Gasteiger partial charge in [0.2, 0.25) is 0 Å². The molecule has 0 bridgehead atoms. The van der Waals surface area contributed by atoms with Crippen molar-refractivity contribution in [3.63, 3.8) is 0 Å². The minimum Gasteiger partial charge on any atom is -0.497 e. The number of fused-ring (bicyclic) bond motifs is 12. The molecule has 4 heterocycles. The number of pyridine rings is 2. The van der Waals surface area contributed by atoms with E-state index in [0.717, 1.165) is 43.9 Å². The third-order valence-electron chi connectivity index (χ3n) is 8.61. The maximum absolute atomic E-state index is 6.44. The maximum atomic E-state index is 6.44. The molecule has 0 fully saturated rings. The second-order valence-electron chi connectivity index (χ2n) is 13.5. The van der Waals surface area contributed by atoms with Gasteiger partial charge >= 0.3 is 21.1 Å². The number of imidazole rings is 2. The molecule has 44 heavy (non-hydrogen) atoms. The summed E-state index contributed by atoms with van der Waals surface area (Å²) >= 11 is 0. The summed E-state index contributed by atoms with van der Waals surface area (Å²) in [4.78, 5) is 9.39. The average Bonchev–Trinajstić information content (AvgIpc) is 3.67. The molecule has 0 radical (unpaired) electrons. The molecule has 6 heteroatoms. The van der Waals surface area contributed by atoms with Gasteiger partial charge in [0.15, 0.2) is 0 Å². The van der Waals surface area contributed by atoms with Crippen LogP contribution in [0.1, 0.15) is 52.7 Å². The van der Waals surface area contributed by atoms with E-state index >= 15 is 0 Å². The van der Waals surface area contributed by atoms with Crippen molar-refractivity contribution in [1.82, 2.24) is 18.8 Å². The molecule has 4 aromatic heterocycles. The zero-order valence-corrected chi connectivity index (χ0v) is 27.9. The van der Waals surface area contributed by atoms with Gasteiger partial charge in [-0.15, -0.1) is 12.1 Å². The second-order valence-corrected chi connectivity index (χ2v) is 13.5. The molecule has 0 atom stereocenters. The van der Waals surface area contributed by atoms with E-state index in [4.69, 9.17) is 14.7 Å². The van der Waals surface area contributed by atoms with Gasteiger partial charge in [0.1, 0.15) is 0 Å². The van der Waals surface area contributed by atoms with E-state index in [9.17, 15) is 0 Å². The summed E-state index contributed by atoms with van der Waals surface area (Å²) in [5.41, 5.74) is 6.65. The molecule has 8 rings (SSSR count). The quantitative estimate of drug-likeness (QED) is 0.131. The Bertz CT molecular complexity index is 2230. The van der Waals surface area contributed by atoms with Crippen molar-refractivity contribution in [3.8, 4) is 11.5 Å². The summed E-state index contributed by atoms with van der Waals surface area (Å²) < 4.78 is 10.7. The van der Waals surface area contributed by atoms with Gasteiger partial charge in [0, 0.05) is 47.3 Å². The molecule has 0 unspecified atom stereocenters. The molecular weight excluding hydrogens is 724 g/mol. The van der Waals surface area contributed by atoms with Crippen LogP contribution in [0.15, 0.2) is 85.5 Å². The molecule has 5 nitrogen and oxygen atoms in total. The molecule has 0 aliphatic rings. The van der Waals surface area contributed by atoms with E-state index in [0.29, 0.717) is 11.5 Å². The summed E-state index contributed by atoms with van der Waals surface area (Å²) in [6.07, 6.45) is 7.71. The third kappa shape index (κ3) is 4.40. The minimum absolute atomic E-state index is 0. The van der Waals surface area contributed by atoms with E-state index in [-0.39, 0.29) is 31.9 Å². The maximum Gasteiger partial charge on any atom is 2.00 e. The summed E-state index contributed by atoms with van der Waals surface area (Å²) in [7, 11) is 0. The van der Waals surface area contributed by atoms with Crippen LogP contribution < -0.4 is 4.74 Å². The van der Waals surface area contributed by atoms with Crippen molar-refractivity contribution in [2.24, 2.45) is 0 Å². The van der Waals surface area contributed by atoms with E-state index in [1.807, 2.05) is 36.9 Å². The van der Waals surface area contributed by atoms with Gasteiger partial charge in [-0.05, 0) is 44.9 Å². The second kappa shape index (κ2) is 9.90. The van der Waals surface area contributed by atoms with E-state index in [1.165, 1.54) is 21.9 Å². The molecule has 0 saturated heterocycles. The number of hydrogen-bond donors (Lipinski definition) is 0. The summed E-state index contributed by atoms with van der Waals surface area (Å²) in [5, 5.41) is 6.42. The molecule has 4 aromatic carbocycles. The van der Waals surface area contributed by atoms with Crippen LogP contribution in [0.4, 0.5) is 0 Å². The smallest absolute Gasteiger partial charge is 0.497 e. The molecule has 0 saturated carbocycles. The first-order valence-corrected chi connectivity index (χ1v) is 14.7. The van der Waals surface area contributed by atoms with Crippen LogP contribution in [0.3, 0.4) is 0 Å². The van der Waals surface area contributed by atoms with Crippen molar-refractivity contribution in [1.29, 1.82) is 0 Å². The van der Waals surface area contributed by atoms with Crippen molar-refractivity contribution in [3.05, 3.63) is 109 Å². The van der Waals surface area contributed by atoms with Crippen LogP contribution in [0.5, 0.6) is 11.5 Å². The van der Waals surface area contributed by atoms with Crippen molar-refractivity contribution < 1.29 is 25.8 Å². The fraction of sp³-hybridized carbons (Fsp3) is 0.211. The van der Waals surface area contributed by atoms with Gasteiger partial charge in [-0.2, -0.15) is 0 Å². The van der Waals surface area contributed by atoms with Crippen LogP contribution in [-0.2, 0) is 31.9 Å². The molecule has 0 N–H and O–H groups in total. The first-order valence-electron chi connectivity index (χ1n) is 14.7. The molecule has 8 aromatic rings. The Balaban J connectivity index is 0.00000312. The summed E-state index contributed by atoms with van der Waals surface area (Å²) in [5.74, 6) is 1.24. The number of nitrogens with zero attached hydrogens (tertiary/aromatic N) is 4. The van der Waals surface area contributed by atoms with Crippen LogP contribution in [0.2, 0.25) is 0 Å². The summed E-state index contributed by atoms with van der Waals surface area (Å²) in [6, 6.07) is 28.7. The fourth-order valence-corrected chi connectivity index (χ4v) is 6.21. The van der Waals surface area contributed by atoms with Gasteiger partial charge in [-0.3, -0.25) is 9.97 Å². The van der Waals surface area contributed by atoms with Gasteiger partial charge in [-0.1, -0.05) is 112 Å². The standard InChI is InChI=1S/C38H32N4O.Pt/c1-37(2,3)23-7-13-33-29(19-23)27-11-9-25(21-31(27)35-39-15-17-41(33)35)43-26-10-12-28-30-20-24(38(4,5)6)8-14-34(30)42-18-16-40-36(42)32(28)22-26;/h7-20H,1-6H3;/q-2;+2. The van der Waals surface area contributed by atoms with Crippen LogP contribution >= 0.6 is 0 Å². The average molecular weight is 756 g/mol. The van der Waals surface area contributed by atoms with Crippen LogP contribution in [0.25, 0.3) is 54.6 Å². The van der Waals surface area contributed by atoms with Crippen LogP contribution in [0, 0.1) is 12.1 Å². The molecule has 0 amide bonds. The Labute approximate surface area is 270 Å². The van der Waals surface area contributed by atoms with E-state index in [2.05, 4.69) is 111 Å². The van der Waals surface area contributed by atoms with E-state index < -0.39 is 0 Å². The predicted molar refractivity (Wildman–Crippen MR) is 176 cm³/mol. The molecular formula is C38H32N4OPt. The first kappa shape index (κ1) is 28.6. The number of rotatable bonds is 2. The Morgan fingerprint density at radius 1 is 0.568 bits per heavy atom. The first-order chi connectivity index (χ1) is 20.6. The zero-order chi connectivity index (χ0) is 29.7. The van der Waals surface area contributed by atoms with Gasteiger partial charge in [0.25, 0.3) is 0 Å². The Hall–Kier alpha value is -4.21. The Kier molecular flexibility index (Phi) is 6.43.